The number of hydrogen-bond donors (Lipinski definition) is 1. The number of carbonyl (C=O) groups excluding carboxylic acids is 1. The van der Waals surface area contributed by atoms with Gasteiger partial charge in [-0.25, -0.2) is 0 Å². The lowest BCUT2D eigenvalue weighted by Gasteiger charge is -2.15. The first-order valence-electron chi connectivity index (χ1n) is 12.3. The molecule has 0 aromatic carbocycles. The number of rotatable bonds is 21. The molecule has 0 aromatic rings. The summed E-state index contributed by atoms with van der Waals surface area (Å²) in [6.45, 7) is 4.22. The summed E-state index contributed by atoms with van der Waals surface area (Å²) < 4.78 is 5.46. The molecule has 0 aromatic heterocycles. The maximum atomic E-state index is 11.9. The molecule has 0 amide bonds. The molecule has 1 N–H and O–H groups in total. The molecule has 4 heteroatoms. The molecule has 0 aliphatic carbocycles. The zero-order chi connectivity index (χ0) is 22.3. The molecule has 30 heavy (non-hydrogen) atoms. The van der Waals surface area contributed by atoms with Crippen LogP contribution < -0.4 is 0 Å². The van der Waals surface area contributed by atoms with E-state index in [0.29, 0.717) is 19.3 Å². The molecule has 1 unspecified atom stereocenters. The fraction of sp³-hybridized carbons (Fsp3) is 0.769. The number of hydrogen-bond acceptors (Lipinski definition) is 3. The minimum absolute atomic E-state index is 0.138. The maximum Gasteiger partial charge on any atom is 0.306 e. The van der Waals surface area contributed by atoms with Crippen molar-refractivity contribution in [1.82, 2.24) is 0 Å². The summed E-state index contributed by atoms with van der Waals surface area (Å²) in [7, 11) is 0. The number of ether oxygens (including phenoxy) is 1. The Kier molecular flexibility index (Phi) is 20.9. The summed E-state index contributed by atoms with van der Waals surface area (Å²) in [4.78, 5) is 22.5. The topological polar surface area (TPSA) is 63.6 Å². The van der Waals surface area contributed by atoms with E-state index in [1.807, 2.05) is 6.92 Å². The van der Waals surface area contributed by atoms with Crippen molar-refractivity contribution in [1.29, 1.82) is 0 Å². The van der Waals surface area contributed by atoms with Gasteiger partial charge in [-0.2, -0.15) is 0 Å². The number of carboxylic acid groups (broad SMARTS) is 1. The molecule has 0 spiro atoms. The van der Waals surface area contributed by atoms with Crippen LogP contribution in [0.25, 0.3) is 0 Å². The van der Waals surface area contributed by atoms with E-state index in [2.05, 4.69) is 31.2 Å². The van der Waals surface area contributed by atoms with Gasteiger partial charge in [0.25, 0.3) is 0 Å². The van der Waals surface area contributed by atoms with Gasteiger partial charge in [-0.1, -0.05) is 76.7 Å². The van der Waals surface area contributed by atoms with Crippen molar-refractivity contribution in [3.05, 3.63) is 24.3 Å². The number of carbonyl (C=O) groups is 2. The van der Waals surface area contributed by atoms with E-state index in [1.165, 1.54) is 44.9 Å². The average molecular weight is 423 g/mol. The Bertz CT molecular complexity index is 468. The Morgan fingerprint density at radius 3 is 1.97 bits per heavy atom. The van der Waals surface area contributed by atoms with E-state index in [1.54, 1.807) is 0 Å². The molecule has 0 aliphatic heterocycles. The van der Waals surface area contributed by atoms with Crippen molar-refractivity contribution in [2.24, 2.45) is 0 Å². The second-order valence-electron chi connectivity index (χ2n) is 8.14. The van der Waals surface area contributed by atoms with Gasteiger partial charge in [0.05, 0.1) is 0 Å². The molecular weight excluding hydrogens is 376 g/mol. The van der Waals surface area contributed by atoms with Crippen molar-refractivity contribution < 1.29 is 19.4 Å². The van der Waals surface area contributed by atoms with Crippen LogP contribution in [0.5, 0.6) is 0 Å². The number of allylic oxidation sites excluding steroid dienone is 4. The lowest BCUT2D eigenvalue weighted by molar-refractivity contribution is -0.149. The Morgan fingerprint density at radius 1 is 0.767 bits per heavy atom. The number of carboxylic acids is 1. The second-order valence-corrected chi connectivity index (χ2v) is 8.14. The molecule has 0 heterocycles. The van der Waals surface area contributed by atoms with Gasteiger partial charge in [-0.05, 0) is 57.8 Å². The molecule has 0 radical (unpaired) electrons. The molecule has 0 rings (SSSR count). The highest BCUT2D eigenvalue weighted by Gasteiger charge is 2.12. The molecule has 4 nitrogen and oxygen atoms in total. The van der Waals surface area contributed by atoms with Gasteiger partial charge in [0.1, 0.15) is 6.10 Å². The van der Waals surface area contributed by atoms with Crippen LogP contribution in [-0.2, 0) is 14.3 Å². The molecule has 0 saturated heterocycles. The molecule has 1 atom stereocenters. The molecule has 0 fully saturated rings. The van der Waals surface area contributed by atoms with Gasteiger partial charge in [0.15, 0.2) is 0 Å². The Balaban J connectivity index is 3.50. The highest BCUT2D eigenvalue weighted by atomic mass is 16.5. The van der Waals surface area contributed by atoms with Crippen molar-refractivity contribution in [3.8, 4) is 0 Å². The van der Waals surface area contributed by atoms with E-state index in [4.69, 9.17) is 9.84 Å². The average Bonchev–Trinajstić information content (AvgIpc) is 2.72. The van der Waals surface area contributed by atoms with Crippen molar-refractivity contribution >= 4 is 11.9 Å². The monoisotopic (exact) mass is 422 g/mol. The quantitative estimate of drug-likeness (QED) is 0.117. The summed E-state index contributed by atoms with van der Waals surface area (Å²) in [5.74, 6) is -0.935. The first kappa shape index (κ1) is 28.4. The predicted molar refractivity (Wildman–Crippen MR) is 126 cm³/mol. The van der Waals surface area contributed by atoms with Crippen molar-refractivity contribution in [2.75, 3.05) is 0 Å². The van der Waals surface area contributed by atoms with Crippen LogP contribution in [0.3, 0.4) is 0 Å². The summed E-state index contributed by atoms with van der Waals surface area (Å²) in [6, 6.07) is 0. The molecule has 0 saturated carbocycles. The molecule has 174 valence electrons. The lowest BCUT2D eigenvalue weighted by Crippen LogP contribution is -2.17. The Hall–Kier alpha value is -1.58. The minimum atomic E-state index is -0.795. The zero-order valence-corrected chi connectivity index (χ0v) is 19.6. The lowest BCUT2D eigenvalue weighted by atomic mass is 10.1. The fourth-order valence-corrected chi connectivity index (χ4v) is 3.33. The number of esters is 1. The van der Waals surface area contributed by atoms with Crippen LogP contribution in [0.4, 0.5) is 0 Å². The smallest absolute Gasteiger partial charge is 0.306 e. The highest BCUT2D eigenvalue weighted by Crippen LogP contribution is 2.13. The van der Waals surface area contributed by atoms with Crippen LogP contribution in [0.2, 0.25) is 0 Å². The van der Waals surface area contributed by atoms with E-state index < -0.39 is 5.97 Å². The fourth-order valence-electron chi connectivity index (χ4n) is 3.33. The van der Waals surface area contributed by atoms with Crippen LogP contribution in [-0.4, -0.2) is 23.1 Å². The van der Waals surface area contributed by atoms with Gasteiger partial charge >= 0.3 is 11.9 Å². The van der Waals surface area contributed by atoms with E-state index in [9.17, 15) is 9.59 Å². The van der Waals surface area contributed by atoms with Crippen LogP contribution >= 0.6 is 0 Å². The van der Waals surface area contributed by atoms with Gasteiger partial charge in [-0.3, -0.25) is 9.59 Å². The molecule has 0 bridgehead atoms. The minimum Gasteiger partial charge on any atom is -0.481 e. The SMILES string of the molecule is CCCCCC/C=C\C/C=C\CCCCCCCC(=O)OC(CC)CCCC(=O)O. The van der Waals surface area contributed by atoms with E-state index in [0.717, 1.165) is 38.5 Å². The largest absolute Gasteiger partial charge is 0.481 e. The van der Waals surface area contributed by atoms with E-state index in [-0.39, 0.29) is 18.5 Å². The van der Waals surface area contributed by atoms with Gasteiger partial charge in [0, 0.05) is 12.8 Å². The van der Waals surface area contributed by atoms with Crippen LogP contribution in [0.15, 0.2) is 24.3 Å². The second kappa shape index (κ2) is 22.1. The third-order valence-electron chi connectivity index (χ3n) is 5.25. The first-order valence-corrected chi connectivity index (χ1v) is 12.3. The molecular formula is C26H46O4. The summed E-state index contributed by atoms with van der Waals surface area (Å²) >= 11 is 0. The van der Waals surface area contributed by atoms with Crippen molar-refractivity contribution in [3.63, 3.8) is 0 Å². The normalized spacial score (nSPS) is 12.6. The van der Waals surface area contributed by atoms with Gasteiger partial charge in [0.2, 0.25) is 0 Å². The third kappa shape index (κ3) is 21.1. The van der Waals surface area contributed by atoms with Crippen LogP contribution in [0, 0.1) is 0 Å². The third-order valence-corrected chi connectivity index (χ3v) is 5.25. The number of aliphatic carboxylic acids is 1. The summed E-state index contributed by atoms with van der Waals surface area (Å²) in [6.07, 6.45) is 25.8. The van der Waals surface area contributed by atoms with E-state index >= 15 is 0 Å². The first-order chi connectivity index (χ1) is 14.6. The summed E-state index contributed by atoms with van der Waals surface area (Å²) in [5, 5.41) is 8.68. The maximum absolute atomic E-state index is 11.9. The van der Waals surface area contributed by atoms with Gasteiger partial charge in [-0.15, -0.1) is 0 Å². The van der Waals surface area contributed by atoms with Gasteiger partial charge < -0.3 is 9.84 Å². The number of unbranched alkanes of at least 4 members (excludes halogenated alkanes) is 9. The Labute approximate surface area is 185 Å². The highest BCUT2D eigenvalue weighted by molar-refractivity contribution is 5.69. The standard InChI is InChI=1S/C26H46O4/c1-3-5-6-7-8-9-10-11-12-13-14-15-16-17-18-19-23-26(29)30-24(4-2)21-20-22-25(27)28/h9-10,12-13,24H,3-8,11,14-23H2,1-2H3,(H,27,28)/b10-9-,13-12-. The van der Waals surface area contributed by atoms with Crippen molar-refractivity contribution in [2.45, 2.75) is 129 Å². The summed E-state index contributed by atoms with van der Waals surface area (Å²) in [5.41, 5.74) is 0. The van der Waals surface area contributed by atoms with Crippen LogP contribution in [0.1, 0.15) is 123 Å². The predicted octanol–water partition coefficient (Wildman–Crippen LogP) is 7.77. The molecule has 0 aliphatic rings. The Morgan fingerprint density at radius 2 is 1.37 bits per heavy atom. The zero-order valence-electron chi connectivity index (χ0n) is 19.6.